The molecule has 1 aromatic rings. The fourth-order valence-corrected chi connectivity index (χ4v) is 2.87. The van der Waals surface area contributed by atoms with Crippen molar-refractivity contribution in [2.45, 2.75) is 23.8 Å². The van der Waals surface area contributed by atoms with Crippen molar-refractivity contribution in [2.24, 2.45) is 0 Å². The normalized spacial score (nSPS) is 20.2. The Morgan fingerprint density at radius 3 is 2.68 bits per heavy atom. The number of pyridine rings is 1. The summed E-state index contributed by atoms with van der Waals surface area (Å²) in [5.41, 5.74) is 0. The van der Waals surface area contributed by atoms with Crippen LogP contribution in [0, 0.1) is 0 Å². The van der Waals surface area contributed by atoms with E-state index < -0.39 is 27.9 Å². The number of imide groups is 1. The number of nitrogens with one attached hydrogen (secondary N) is 2. The van der Waals surface area contributed by atoms with Crippen LogP contribution in [0.15, 0.2) is 23.2 Å². The highest BCUT2D eigenvalue weighted by Crippen LogP contribution is 2.13. The molecular weight excluding hydrogens is 294 g/mol. The van der Waals surface area contributed by atoms with Gasteiger partial charge in [-0.3, -0.25) is 14.9 Å². The van der Waals surface area contributed by atoms with E-state index >= 15 is 0 Å². The van der Waals surface area contributed by atoms with Gasteiger partial charge in [0, 0.05) is 12.6 Å². The Kier molecular flexibility index (Phi) is 3.83. The number of piperidine rings is 1. The van der Waals surface area contributed by atoms with E-state index in [1.54, 1.807) is 0 Å². The van der Waals surface area contributed by atoms with E-state index in [9.17, 15) is 18.0 Å². The van der Waals surface area contributed by atoms with Crippen LogP contribution in [0.4, 0.5) is 0 Å². The van der Waals surface area contributed by atoms with Gasteiger partial charge in [-0.25, -0.2) is 13.4 Å². The fraction of sp³-hybridized carbons (Fsp3) is 0.300. The van der Waals surface area contributed by atoms with Crippen molar-refractivity contribution in [2.75, 3.05) is 0 Å². The first-order valence-corrected chi connectivity index (χ1v) is 7.22. The second-order valence-corrected chi connectivity index (χ2v) is 6.04. The molecule has 1 unspecified atom stereocenters. The molecule has 0 bridgehead atoms. The molecule has 2 N–H and O–H groups in total. The molecule has 1 saturated heterocycles. The SMILES string of the molecule is O=C1CCC(NS(=O)(=O)c2ccc(Cl)nc2)C(=O)N1. The molecule has 2 rings (SSSR count). The van der Waals surface area contributed by atoms with Crippen LogP contribution in [-0.4, -0.2) is 31.3 Å². The van der Waals surface area contributed by atoms with Crippen LogP contribution in [0.2, 0.25) is 5.15 Å². The Hall–Kier alpha value is -1.51. The number of nitrogens with zero attached hydrogens (tertiary/aromatic N) is 1. The second kappa shape index (κ2) is 5.24. The van der Waals surface area contributed by atoms with Gasteiger partial charge in [0.2, 0.25) is 21.8 Å². The lowest BCUT2D eigenvalue weighted by Crippen LogP contribution is -2.52. The van der Waals surface area contributed by atoms with Gasteiger partial charge in [0.1, 0.15) is 16.1 Å². The van der Waals surface area contributed by atoms with E-state index in [4.69, 9.17) is 11.6 Å². The number of halogens is 1. The highest BCUT2D eigenvalue weighted by Gasteiger charge is 2.30. The quantitative estimate of drug-likeness (QED) is 0.595. The number of carbonyl (C=O) groups is 2. The monoisotopic (exact) mass is 303 g/mol. The minimum atomic E-state index is -3.87. The highest BCUT2D eigenvalue weighted by molar-refractivity contribution is 7.89. The average molecular weight is 304 g/mol. The Bertz CT molecular complexity index is 614. The van der Waals surface area contributed by atoms with Crippen LogP contribution in [-0.2, 0) is 19.6 Å². The second-order valence-electron chi connectivity index (χ2n) is 3.94. The molecule has 2 amide bonds. The molecule has 1 aliphatic rings. The van der Waals surface area contributed by atoms with Crippen molar-refractivity contribution in [1.29, 1.82) is 0 Å². The maximum absolute atomic E-state index is 12.0. The summed E-state index contributed by atoms with van der Waals surface area (Å²) in [6.07, 6.45) is 1.32. The van der Waals surface area contributed by atoms with E-state index in [0.29, 0.717) is 0 Å². The highest BCUT2D eigenvalue weighted by atomic mass is 35.5. The van der Waals surface area contributed by atoms with Crippen molar-refractivity contribution in [3.8, 4) is 0 Å². The van der Waals surface area contributed by atoms with Gasteiger partial charge in [0.25, 0.3) is 0 Å². The third-order valence-electron chi connectivity index (χ3n) is 2.55. The van der Waals surface area contributed by atoms with E-state index in [1.165, 1.54) is 12.1 Å². The number of carbonyl (C=O) groups excluding carboxylic acids is 2. The van der Waals surface area contributed by atoms with Gasteiger partial charge in [-0.2, -0.15) is 4.72 Å². The molecule has 19 heavy (non-hydrogen) atoms. The summed E-state index contributed by atoms with van der Waals surface area (Å²) >= 11 is 5.56. The van der Waals surface area contributed by atoms with E-state index in [1.807, 2.05) is 0 Å². The first-order valence-electron chi connectivity index (χ1n) is 5.36. The zero-order valence-electron chi connectivity index (χ0n) is 9.59. The number of hydrogen-bond acceptors (Lipinski definition) is 5. The van der Waals surface area contributed by atoms with Crippen molar-refractivity contribution >= 4 is 33.4 Å². The maximum Gasteiger partial charge on any atom is 0.244 e. The van der Waals surface area contributed by atoms with Crippen LogP contribution in [0.3, 0.4) is 0 Å². The molecule has 0 aromatic carbocycles. The molecule has 9 heteroatoms. The fourth-order valence-electron chi connectivity index (χ4n) is 1.58. The van der Waals surface area contributed by atoms with Gasteiger partial charge in [-0.1, -0.05) is 11.6 Å². The number of rotatable bonds is 3. The largest absolute Gasteiger partial charge is 0.295 e. The zero-order valence-corrected chi connectivity index (χ0v) is 11.2. The number of hydrogen-bond donors (Lipinski definition) is 2. The van der Waals surface area contributed by atoms with Crippen molar-refractivity contribution in [3.63, 3.8) is 0 Å². The number of amides is 2. The van der Waals surface area contributed by atoms with Crippen molar-refractivity contribution < 1.29 is 18.0 Å². The topological polar surface area (TPSA) is 105 Å². The summed E-state index contributed by atoms with van der Waals surface area (Å²) in [5, 5.41) is 2.24. The maximum atomic E-state index is 12.0. The average Bonchev–Trinajstić information content (AvgIpc) is 2.33. The van der Waals surface area contributed by atoms with Crippen molar-refractivity contribution in [1.82, 2.24) is 15.0 Å². The van der Waals surface area contributed by atoms with E-state index in [0.717, 1.165) is 6.20 Å². The molecule has 0 spiro atoms. The first kappa shape index (κ1) is 13.9. The summed E-state index contributed by atoms with van der Waals surface area (Å²) in [6.45, 7) is 0. The summed E-state index contributed by atoms with van der Waals surface area (Å²) in [7, 11) is -3.87. The Balaban J connectivity index is 2.15. The zero-order chi connectivity index (χ0) is 14.0. The number of aromatic nitrogens is 1. The lowest BCUT2D eigenvalue weighted by Gasteiger charge is -2.21. The summed E-state index contributed by atoms with van der Waals surface area (Å²) in [6, 6.07) is 1.66. The standard InChI is InChI=1S/C10H10ClN3O4S/c11-8-3-1-6(5-12-8)19(17,18)14-7-2-4-9(15)13-10(7)16/h1,3,5,7,14H,2,4H2,(H,13,15,16). The first-order chi connectivity index (χ1) is 8.88. The Labute approximate surface area is 114 Å². The van der Waals surface area contributed by atoms with Gasteiger partial charge < -0.3 is 0 Å². The third-order valence-corrected chi connectivity index (χ3v) is 4.23. The smallest absolute Gasteiger partial charge is 0.244 e. The Morgan fingerprint density at radius 2 is 2.11 bits per heavy atom. The molecule has 1 aromatic heterocycles. The predicted molar refractivity (Wildman–Crippen MR) is 65.7 cm³/mol. The molecule has 1 fully saturated rings. The summed E-state index contributed by atoms with van der Waals surface area (Å²) in [5.74, 6) is -1.06. The molecule has 0 saturated carbocycles. The molecule has 7 nitrogen and oxygen atoms in total. The summed E-state index contributed by atoms with van der Waals surface area (Å²) in [4.78, 5) is 26.0. The molecule has 0 aliphatic carbocycles. The van der Waals surface area contributed by atoms with Crippen molar-refractivity contribution in [3.05, 3.63) is 23.5 Å². The van der Waals surface area contributed by atoms with Gasteiger partial charge in [0.15, 0.2) is 0 Å². The summed E-state index contributed by atoms with van der Waals surface area (Å²) < 4.78 is 26.2. The third kappa shape index (κ3) is 3.28. The molecular formula is C10H10ClN3O4S. The van der Waals surface area contributed by atoms with E-state index in [-0.39, 0.29) is 22.9 Å². The van der Waals surface area contributed by atoms with Gasteiger partial charge in [-0.15, -0.1) is 0 Å². The predicted octanol–water partition coefficient (Wildman–Crippen LogP) is -0.181. The number of sulfonamides is 1. The van der Waals surface area contributed by atoms with Crippen LogP contribution in [0.1, 0.15) is 12.8 Å². The minimum Gasteiger partial charge on any atom is -0.295 e. The Morgan fingerprint density at radius 1 is 1.37 bits per heavy atom. The lowest BCUT2D eigenvalue weighted by atomic mass is 10.1. The molecule has 1 aliphatic heterocycles. The van der Waals surface area contributed by atoms with Gasteiger partial charge in [-0.05, 0) is 18.6 Å². The van der Waals surface area contributed by atoms with Crippen LogP contribution in [0.25, 0.3) is 0 Å². The lowest BCUT2D eigenvalue weighted by molar-refractivity contribution is -0.134. The van der Waals surface area contributed by atoms with Gasteiger partial charge >= 0.3 is 0 Å². The molecule has 102 valence electrons. The molecule has 2 heterocycles. The van der Waals surface area contributed by atoms with Crippen LogP contribution >= 0.6 is 11.6 Å². The van der Waals surface area contributed by atoms with Crippen LogP contribution < -0.4 is 10.0 Å². The van der Waals surface area contributed by atoms with E-state index in [2.05, 4.69) is 15.0 Å². The molecule has 1 atom stereocenters. The minimum absolute atomic E-state index is 0.0950. The van der Waals surface area contributed by atoms with Gasteiger partial charge in [0.05, 0.1) is 0 Å². The molecule has 0 radical (unpaired) electrons. The van der Waals surface area contributed by atoms with Crippen LogP contribution in [0.5, 0.6) is 0 Å².